The molecule has 1 aliphatic rings. The SMILES string of the molecule is O=CC1(C/C=C/Cl)CCCOCC1. The summed E-state index contributed by atoms with van der Waals surface area (Å²) in [6.45, 7) is 1.47. The normalized spacial score (nSPS) is 30.2. The summed E-state index contributed by atoms with van der Waals surface area (Å²) in [5.74, 6) is 0. The molecule has 3 heteroatoms. The number of ether oxygens (including phenoxy) is 1. The summed E-state index contributed by atoms with van der Waals surface area (Å²) in [7, 11) is 0. The molecule has 1 atom stereocenters. The van der Waals surface area contributed by atoms with Gasteiger partial charge in [0.05, 0.1) is 0 Å². The maximum Gasteiger partial charge on any atom is 0.126 e. The van der Waals surface area contributed by atoms with Crippen molar-refractivity contribution in [2.75, 3.05) is 13.2 Å². The predicted molar refractivity (Wildman–Crippen MR) is 52.8 cm³/mol. The van der Waals surface area contributed by atoms with E-state index in [4.69, 9.17) is 16.3 Å². The molecule has 0 N–H and O–H groups in total. The van der Waals surface area contributed by atoms with Gasteiger partial charge in [-0.2, -0.15) is 0 Å². The van der Waals surface area contributed by atoms with Gasteiger partial charge >= 0.3 is 0 Å². The number of hydrogen-bond acceptors (Lipinski definition) is 2. The minimum Gasteiger partial charge on any atom is -0.381 e. The van der Waals surface area contributed by atoms with Crippen LogP contribution in [0.4, 0.5) is 0 Å². The van der Waals surface area contributed by atoms with Crippen molar-refractivity contribution in [2.24, 2.45) is 5.41 Å². The second-order valence-electron chi connectivity index (χ2n) is 3.51. The Hall–Kier alpha value is -0.340. The molecule has 0 aromatic heterocycles. The third-order valence-electron chi connectivity index (χ3n) is 2.57. The molecule has 1 heterocycles. The van der Waals surface area contributed by atoms with Crippen molar-refractivity contribution in [3.63, 3.8) is 0 Å². The molecule has 0 amide bonds. The Labute approximate surface area is 83.9 Å². The highest BCUT2D eigenvalue weighted by molar-refractivity contribution is 6.25. The minimum atomic E-state index is -0.220. The molecule has 2 nitrogen and oxygen atoms in total. The largest absolute Gasteiger partial charge is 0.381 e. The van der Waals surface area contributed by atoms with E-state index in [0.29, 0.717) is 6.61 Å². The van der Waals surface area contributed by atoms with Crippen LogP contribution in [0.1, 0.15) is 25.7 Å². The van der Waals surface area contributed by atoms with Crippen LogP contribution < -0.4 is 0 Å². The van der Waals surface area contributed by atoms with E-state index in [2.05, 4.69) is 0 Å². The van der Waals surface area contributed by atoms with Crippen LogP contribution in [0.3, 0.4) is 0 Å². The van der Waals surface area contributed by atoms with Crippen molar-refractivity contribution in [1.29, 1.82) is 0 Å². The molecule has 1 rings (SSSR count). The molecule has 0 aromatic carbocycles. The summed E-state index contributed by atoms with van der Waals surface area (Å²) in [4.78, 5) is 11.0. The Bertz CT molecular complexity index is 181. The van der Waals surface area contributed by atoms with Gasteiger partial charge in [-0.1, -0.05) is 17.7 Å². The molecular formula is C10H15ClO2. The van der Waals surface area contributed by atoms with Gasteiger partial charge in [0, 0.05) is 24.2 Å². The number of halogens is 1. The van der Waals surface area contributed by atoms with Crippen LogP contribution >= 0.6 is 11.6 Å². The van der Waals surface area contributed by atoms with E-state index >= 15 is 0 Å². The van der Waals surface area contributed by atoms with E-state index in [1.807, 2.05) is 6.08 Å². The smallest absolute Gasteiger partial charge is 0.126 e. The maximum absolute atomic E-state index is 11.0. The number of carbonyl (C=O) groups excluding carboxylic acids is 1. The van der Waals surface area contributed by atoms with Crippen LogP contribution in [0.15, 0.2) is 11.6 Å². The van der Waals surface area contributed by atoms with Gasteiger partial charge in [-0.15, -0.1) is 0 Å². The van der Waals surface area contributed by atoms with Crippen LogP contribution in [0.25, 0.3) is 0 Å². The molecule has 1 unspecified atom stereocenters. The Morgan fingerprint density at radius 1 is 1.38 bits per heavy atom. The van der Waals surface area contributed by atoms with Crippen LogP contribution in [-0.2, 0) is 9.53 Å². The average Bonchev–Trinajstić information content (AvgIpc) is 2.41. The summed E-state index contributed by atoms with van der Waals surface area (Å²) in [6, 6.07) is 0. The van der Waals surface area contributed by atoms with Crippen LogP contribution in [-0.4, -0.2) is 19.5 Å². The van der Waals surface area contributed by atoms with E-state index in [0.717, 1.165) is 38.6 Å². The first-order valence-electron chi connectivity index (χ1n) is 4.62. The highest BCUT2D eigenvalue weighted by Crippen LogP contribution is 2.32. The summed E-state index contributed by atoms with van der Waals surface area (Å²) >= 11 is 5.45. The fraction of sp³-hybridized carbons (Fsp3) is 0.700. The number of carbonyl (C=O) groups is 1. The predicted octanol–water partition coefficient (Wildman–Crippen LogP) is 2.51. The monoisotopic (exact) mass is 202 g/mol. The van der Waals surface area contributed by atoms with E-state index in [9.17, 15) is 4.79 Å². The quantitative estimate of drug-likeness (QED) is 0.658. The van der Waals surface area contributed by atoms with Crippen molar-refractivity contribution >= 4 is 17.9 Å². The van der Waals surface area contributed by atoms with E-state index in [-0.39, 0.29) is 5.41 Å². The first-order valence-corrected chi connectivity index (χ1v) is 5.06. The Morgan fingerprint density at radius 2 is 2.23 bits per heavy atom. The van der Waals surface area contributed by atoms with Gasteiger partial charge < -0.3 is 9.53 Å². The molecule has 1 aliphatic heterocycles. The fourth-order valence-electron chi connectivity index (χ4n) is 1.68. The zero-order valence-corrected chi connectivity index (χ0v) is 8.43. The number of aldehydes is 1. The van der Waals surface area contributed by atoms with Crippen molar-refractivity contribution in [3.05, 3.63) is 11.6 Å². The summed E-state index contributed by atoms with van der Waals surface area (Å²) < 4.78 is 5.32. The molecule has 0 saturated carbocycles. The zero-order chi connectivity index (χ0) is 9.57. The van der Waals surface area contributed by atoms with Crippen LogP contribution in [0.5, 0.6) is 0 Å². The minimum absolute atomic E-state index is 0.220. The zero-order valence-electron chi connectivity index (χ0n) is 7.67. The second kappa shape index (κ2) is 5.40. The molecule has 0 spiro atoms. The fourth-order valence-corrected chi connectivity index (χ4v) is 1.77. The van der Waals surface area contributed by atoms with E-state index < -0.39 is 0 Å². The highest BCUT2D eigenvalue weighted by atomic mass is 35.5. The standard InChI is InChI=1S/C10H15ClO2/c11-6-1-3-10(9-12)4-2-7-13-8-5-10/h1,6,9H,2-5,7-8H2/b6-1+. The topological polar surface area (TPSA) is 26.3 Å². The van der Waals surface area contributed by atoms with Gasteiger partial charge in [-0.3, -0.25) is 0 Å². The van der Waals surface area contributed by atoms with Crippen molar-refractivity contribution in [3.8, 4) is 0 Å². The van der Waals surface area contributed by atoms with Crippen molar-refractivity contribution in [1.82, 2.24) is 0 Å². The van der Waals surface area contributed by atoms with E-state index in [1.165, 1.54) is 5.54 Å². The third kappa shape index (κ3) is 3.12. The van der Waals surface area contributed by atoms with Gasteiger partial charge in [-0.05, 0) is 25.7 Å². The van der Waals surface area contributed by atoms with Crippen LogP contribution in [0, 0.1) is 5.41 Å². The molecule has 0 radical (unpaired) electrons. The van der Waals surface area contributed by atoms with E-state index in [1.54, 1.807) is 0 Å². The van der Waals surface area contributed by atoms with Gasteiger partial charge in [-0.25, -0.2) is 0 Å². The lowest BCUT2D eigenvalue weighted by Gasteiger charge is -2.23. The van der Waals surface area contributed by atoms with Crippen molar-refractivity contribution < 1.29 is 9.53 Å². The van der Waals surface area contributed by atoms with Gasteiger partial charge in [0.15, 0.2) is 0 Å². The highest BCUT2D eigenvalue weighted by Gasteiger charge is 2.29. The molecule has 1 fully saturated rings. The van der Waals surface area contributed by atoms with Crippen molar-refractivity contribution in [2.45, 2.75) is 25.7 Å². The van der Waals surface area contributed by atoms with Gasteiger partial charge in [0.25, 0.3) is 0 Å². The first-order chi connectivity index (χ1) is 6.33. The van der Waals surface area contributed by atoms with Gasteiger partial charge in [0.2, 0.25) is 0 Å². The Kier molecular flexibility index (Phi) is 4.46. The van der Waals surface area contributed by atoms with Gasteiger partial charge in [0.1, 0.15) is 6.29 Å². The maximum atomic E-state index is 11.0. The molecule has 0 aromatic rings. The lowest BCUT2D eigenvalue weighted by molar-refractivity contribution is -0.116. The summed E-state index contributed by atoms with van der Waals surface area (Å²) in [5, 5.41) is 0. The number of rotatable bonds is 3. The average molecular weight is 203 g/mol. The lowest BCUT2D eigenvalue weighted by Crippen LogP contribution is -2.22. The summed E-state index contributed by atoms with van der Waals surface area (Å²) in [5.41, 5.74) is 1.26. The molecule has 0 aliphatic carbocycles. The second-order valence-corrected chi connectivity index (χ2v) is 3.76. The molecule has 1 saturated heterocycles. The number of allylic oxidation sites excluding steroid dienone is 1. The molecular weight excluding hydrogens is 188 g/mol. The first kappa shape index (κ1) is 10.7. The Balaban J connectivity index is 2.58. The molecule has 13 heavy (non-hydrogen) atoms. The summed E-state index contributed by atoms with van der Waals surface area (Å²) in [6.07, 6.45) is 6.35. The third-order valence-corrected chi connectivity index (χ3v) is 2.75. The Morgan fingerprint density at radius 3 is 2.92 bits per heavy atom. The molecule has 74 valence electrons. The molecule has 0 bridgehead atoms. The lowest BCUT2D eigenvalue weighted by atomic mass is 9.79. The van der Waals surface area contributed by atoms with Crippen LogP contribution in [0.2, 0.25) is 0 Å². The number of hydrogen-bond donors (Lipinski definition) is 0.